The number of carbonyl (C=O) groups is 1. The molecule has 7 heteroatoms. The van der Waals surface area contributed by atoms with E-state index in [1.54, 1.807) is 12.1 Å². The van der Waals surface area contributed by atoms with Gasteiger partial charge < -0.3 is 9.72 Å². The number of rotatable bonds is 5. The van der Waals surface area contributed by atoms with E-state index < -0.39 is 16.0 Å². The molecule has 0 saturated carbocycles. The molecular weight excluding hydrogens is 292 g/mol. The van der Waals surface area contributed by atoms with E-state index in [1.165, 1.54) is 19.4 Å². The molecule has 2 N–H and O–H groups in total. The molecule has 0 bridgehead atoms. The second-order valence-corrected chi connectivity index (χ2v) is 6.08. The average Bonchev–Trinajstić information content (AvgIpc) is 2.97. The number of esters is 1. The van der Waals surface area contributed by atoms with Crippen molar-refractivity contribution in [1.29, 1.82) is 0 Å². The number of ether oxygens (including phenoxy) is 1. The van der Waals surface area contributed by atoms with Gasteiger partial charge in [-0.3, -0.25) is 4.72 Å². The number of anilines is 1. The van der Waals surface area contributed by atoms with Gasteiger partial charge in [0, 0.05) is 11.9 Å². The van der Waals surface area contributed by atoms with E-state index in [9.17, 15) is 13.2 Å². The van der Waals surface area contributed by atoms with Gasteiger partial charge >= 0.3 is 5.97 Å². The fraction of sp³-hybridized carbons (Fsp3) is 0.214. The molecule has 0 aliphatic heterocycles. The second kappa shape index (κ2) is 6.01. The quantitative estimate of drug-likeness (QED) is 0.829. The number of hydrogen-bond donors (Lipinski definition) is 2. The number of sulfonamides is 1. The Bertz CT molecular complexity index is 733. The minimum absolute atomic E-state index is 0.0255. The lowest BCUT2D eigenvalue weighted by Gasteiger charge is -2.06. The Morgan fingerprint density at radius 3 is 2.52 bits per heavy atom. The first-order valence-corrected chi connectivity index (χ1v) is 7.83. The maximum absolute atomic E-state index is 12.2. The summed E-state index contributed by atoms with van der Waals surface area (Å²) in [6, 6.07) is 8.34. The largest absolute Gasteiger partial charge is 0.464 e. The molecule has 112 valence electrons. The zero-order valence-electron chi connectivity index (χ0n) is 11.7. The van der Waals surface area contributed by atoms with Gasteiger partial charge in [-0.2, -0.15) is 0 Å². The molecule has 0 saturated heterocycles. The predicted molar refractivity (Wildman–Crippen MR) is 78.8 cm³/mol. The molecule has 0 aliphatic rings. The number of methoxy groups -OCH3 is 1. The molecule has 2 aromatic rings. The van der Waals surface area contributed by atoms with Crippen LogP contribution in [0.25, 0.3) is 0 Å². The summed E-state index contributed by atoms with van der Waals surface area (Å²) in [6.45, 7) is 2.02. The fourth-order valence-electron chi connectivity index (χ4n) is 1.78. The van der Waals surface area contributed by atoms with Crippen LogP contribution < -0.4 is 4.72 Å². The number of carbonyl (C=O) groups excluding carboxylic acids is 1. The SMILES string of the molecule is CCc1ccc(NS(=O)(=O)c2c[nH]c(C(=O)OC)c2)cc1. The third-order valence-electron chi connectivity index (χ3n) is 2.99. The summed E-state index contributed by atoms with van der Waals surface area (Å²) >= 11 is 0. The molecule has 1 aromatic heterocycles. The van der Waals surface area contributed by atoms with Gasteiger partial charge in [0.15, 0.2) is 0 Å². The number of aromatic nitrogens is 1. The minimum atomic E-state index is -3.74. The van der Waals surface area contributed by atoms with Crippen molar-refractivity contribution in [2.75, 3.05) is 11.8 Å². The van der Waals surface area contributed by atoms with Gasteiger partial charge in [0.1, 0.15) is 10.6 Å². The summed E-state index contributed by atoms with van der Waals surface area (Å²) in [5.41, 5.74) is 1.67. The Hall–Kier alpha value is -2.28. The van der Waals surface area contributed by atoms with Gasteiger partial charge in [0.2, 0.25) is 0 Å². The number of hydrogen-bond acceptors (Lipinski definition) is 4. The molecule has 0 atom stereocenters. The predicted octanol–water partition coefficient (Wildman–Crippen LogP) is 2.16. The normalized spacial score (nSPS) is 11.1. The molecule has 2 rings (SSSR count). The number of aromatic amines is 1. The van der Waals surface area contributed by atoms with E-state index in [-0.39, 0.29) is 10.6 Å². The van der Waals surface area contributed by atoms with Crippen LogP contribution in [0.3, 0.4) is 0 Å². The highest BCUT2D eigenvalue weighted by atomic mass is 32.2. The maximum Gasteiger partial charge on any atom is 0.354 e. The van der Waals surface area contributed by atoms with E-state index in [0.717, 1.165) is 12.0 Å². The van der Waals surface area contributed by atoms with Crippen LogP contribution in [0.5, 0.6) is 0 Å². The molecule has 1 heterocycles. The fourth-order valence-corrected chi connectivity index (χ4v) is 2.83. The van der Waals surface area contributed by atoms with Crippen molar-refractivity contribution in [2.24, 2.45) is 0 Å². The highest BCUT2D eigenvalue weighted by Gasteiger charge is 2.18. The highest BCUT2D eigenvalue weighted by Crippen LogP contribution is 2.18. The topological polar surface area (TPSA) is 88.3 Å². The number of aryl methyl sites for hydroxylation is 1. The summed E-state index contributed by atoms with van der Waals surface area (Å²) in [5.74, 6) is -0.622. The van der Waals surface area contributed by atoms with Gasteiger partial charge in [-0.1, -0.05) is 19.1 Å². The summed E-state index contributed by atoms with van der Waals surface area (Å²) in [6.07, 6.45) is 2.13. The van der Waals surface area contributed by atoms with E-state index >= 15 is 0 Å². The van der Waals surface area contributed by atoms with Crippen molar-refractivity contribution in [1.82, 2.24) is 4.98 Å². The van der Waals surface area contributed by atoms with Crippen molar-refractivity contribution in [3.63, 3.8) is 0 Å². The third-order valence-corrected chi connectivity index (χ3v) is 4.35. The molecule has 0 radical (unpaired) electrons. The van der Waals surface area contributed by atoms with Crippen molar-refractivity contribution in [3.8, 4) is 0 Å². The molecule has 0 aliphatic carbocycles. The zero-order chi connectivity index (χ0) is 15.5. The minimum Gasteiger partial charge on any atom is -0.464 e. The first-order chi connectivity index (χ1) is 9.96. The lowest BCUT2D eigenvalue weighted by atomic mass is 10.2. The van der Waals surface area contributed by atoms with Gasteiger partial charge in [-0.05, 0) is 30.2 Å². The lowest BCUT2D eigenvalue weighted by molar-refractivity contribution is 0.0595. The monoisotopic (exact) mass is 308 g/mol. The molecule has 6 nitrogen and oxygen atoms in total. The summed E-state index contributed by atoms with van der Waals surface area (Å²) < 4.78 is 31.4. The average molecular weight is 308 g/mol. The number of nitrogens with one attached hydrogen (secondary N) is 2. The van der Waals surface area contributed by atoms with Crippen LogP contribution in [-0.2, 0) is 21.2 Å². The zero-order valence-corrected chi connectivity index (χ0v) is 12.5. The van der Waals surface area contributed by atoms with Gasteiger partial charge in [0.05, 0.1) is 7.11 Å². The first-order valence-electron chi connectivity index (χ1n) is 6.34. The van der Waals surface area contributed by atoms with Crippen LogP contribution >= 0.6 is 0 Å². The second-order valence-electron chi connectivity index (χ2n) is 4.40. The van der Waals surface area contributed by atoms with E-state index in [1.807, 2.05) is 19.1 Å². The summed E-state index contributed by atoms with van der Waals surface area (Å²) in [4.78, 5) is 13.9. The van der Waals surface area contributed by atoms with Gasteiger partial charge in [0.25, 0.3) is 10.0 Å². The lowest BCUT2D eigenvalue weighted by Crippen LogP contribution is -2.12. The first kappa shape index (κ1) is 15.1. The third kappa shape index (κ3) is 3.43. The summed E-state index contributed by atoms with van der Waals surface area (Å²) in [7, 11) is -2.52. The molecule has 0 unspecified atom stereocenters. The van der Waals surface area contributed by atoms with Crippen molar-refractivity contribution in [2.45, 2.75) is 18.2 Å². The molecule has 0 spiro atoms. The van der Waals surface area contributed by atoms with Crippen molar-refractivity contribution >= 4 is 21.7 Å². The Balaban J connectivity index is 2.21. The van der Waals surface area contributed by atoms with Crippen LogP contribution in [0.2, 0.25) is 0 Å². The maximum atomic E-state index is 12.2. The number of H-pyrrole nitrogens is 1. The molecule has 21 heavy (non-hydrogen) atoms. The highest BCUT2D eigenvalue weighted by molar-refractivity contribution is 7.92. The van der Waals surface area contributed by atoms with Crippen LogP contribution in [0.1, 0.15) is 23.0 Å². The Morgan fingerprint density at radius 1 is 1.29 bits per heavy atom. The Kier molecular flexibility index (Phi) is 4.32. The van der Waals surface area contributed by atoms with Gasteiger partial charge in [-0.25, -0.2) is 13.2 Å². The molecule has 1 aromatic carbocycles. The van der Waals surface area contributed by atoms with Crippen molar-refractivity contribution < 1.29 is 17.9 Å². The van der Waals surface area contributed by atoms with Crippen LogP contribution in [-0.4, -0.2) is 26.5 Å². The van der Waals surface area contributed by atoms with Crippen LogP contribution in [0.4, 0.5) is 5.69 Å². The Labute approximate surface area is 123 Å². The van der Waals surface area contributed by atoms with E-state index in [2.05, 4.69) is 14.4 Å². The van der Waals surface area contributed by atoms with E-state index in [4.69, 9.17) is 0 Å². The number of benzene rings is 1. The van der Waals surface area contributed by atoms with Crippen LogP contribution in [0.15, 0.2) is 41.4 Å². The van der Waals surface area contributed by atoms with Gasteiger partial charge in [-0.15, -0.1) is 0 Å². The van der Waals surface area contributed by atoms with Crippen molar-refractivity contribution in [3.05, 3.63) is 47.8 Å². The smallest absolute Gasteiger partial charge is 0.354 e. The molecular formula is C14H16N2O4S. The Morgan fingerprint density at radius 2 is 1.95 bits per heavy atom. The van der Waals surface area contributed by atoms with E-state index in [0.29, 0.717) is 5.69 Å². The molecule has 0 amide bonds. The summed E-state index contributed by atoms with van der Waals surface area (Å²) in [5, 5.41) is 0. The van der Waals surface area contributed by atoms with Crippen LogP contribution in [0, 0.1) is 0 Å². The standard InChI is InChI=1S/C14H16N2O4S/c1-3-10-4-6-11(7-5-10)16-21(18,19)12-8-13(15-9-12)14(17)20-2/h4-9,15-16H,3H2,1-2H3. The molecule has 0 fully saturated rings.